The second-order valence-electron chi connectivity index (χ2n) is 6.74. The van der Waals surface area contributed by atoms with E-state index in [0.717, 1.165) is 33.6 Å². The van der Waals surface area contributed by atoms with Crippen molar-refractivity contribution in [3.8, 4) is 21.8 Å². The van der Waals surface area contributed by atoms with Gasteiger partial charge in [0.05, 0.1) is 11.3 Å². The molecule has 0 saturated heterocycles. The third kappa shape index (κ3) is 3.82. The highest BCUT2D eigenvalue weighted by Crippen LogP contribution is 2.28. The number of rotatable bonds is 5. The van der Waals surface area contributed by atoms with Crippen molar-refractivity contribution in [3.05, 3.63) is 70.1 Å². The standard InChI is InChI=1S/C21H20N4OS/c1-13(2)23-11-14-3-4-16-10-17(20(26)24-18(16)9-14)19-12-27-21(25-19)15-5-7-22-8-6-15/h3-10,12-13,23H,11H2,1-2H3,(H,24,26). The molecule has 0 aliphatic heterocycles. The van der Waals surface area contributed by atoms with Crippen molar-refractivity contribution in [2.75, 3.05) is 0 Å². The molecule has 0 radical (unpaired) electrons. The van der Waals surface area contributed by atoms with E-state index in [0.29, 0.717) is 17.3 Å². The number of fused-ring (bicyclic) bond motifs is 1. The molecule has 0 aliphatic carbocycles. The molecule has 5 nitrogen and oxygen atoms in total. The molecule has 6 heteroatoms. The van der Waals surface area contributed by atoms with E-state index in [1.807, 2.05) is 35.7 Å². The van der Waals surface area contributed by atoms with E-state index < -0.39 is 0 Å². The van der Waals surface area contributed by atoms with Crippen LogP contribution in [-0.4, -0.2) is 21.0 Å². The van der Waals surface area contributed by atoms with Gasteiger partial charge < -0.3 is 10.3 Å². The number of nitrogens with zero attached hydrogens (tertiary/aromatic N) is 2. The van der Waals surface area contributed by atoms with Crippen LogP contribution in [0.15, 0.2) is 59.0 Å². The Labute approximate surface area is 161 Å². The van der Waals surface area contributed by atoms with Crippen LogP contribution >= 0.6 is 11.3 Å². The van der Waals surface area contributed by atoms with Crippen molar-refractivity contribution in [2.24, 2.45) is 0 Å². The zero-order chi connectivity index (χ0) is 18.8. The smallest absolute Gasteiger partial charge is 0.257 e. The fourth-order valence-electron chi connectivity index (χ4n) is 2.89. The molecule has 136 valence electrons. The van der Waals surface area contributed by atoms with Crippen LogP contribution in [0, 0.1) is 0 Å². The molecule has 0 bridgehead atoms. The van der Waals surface area contributed by atoms with Crippen molar-refractivity contribution in [1.29, 1.82) is 0 Å². The lowest BCUT2D eigenvalue weighted by Crippen LogP contribution is -2.21. The lowest BCUT2D eigenvalue weighted by molar-refractivity contribution is 0.589. The van der Waals surface area contributed by atoms with Gasteiger partial charge in [-0.2, -0.15) is 0 Å². The predicted octanol–water partition coefficient (Wildman–Crippen LogP) is 4.21. The SMILES string of the molecule is CC(C)NCc1ccc2cc(-c3csc(-c4ccncc4)n3)c(=O)[nH]c2c1. The number of hydrogen-bond acceptors (Lipinski definition) is 5. The number of thiazole rings is 1. The fourth-order valence-corrected chi connectivity index (χ4v) is 3.72. The maximum Gasteiger partial charge on any atom is 0.257 e. The van der Waals surface area contributed by atoms with Gasteiger partial charge in [0.1, 0.15) is 5.01 Å². The van der Waals surface area contributed by atoms with Crippen LogP contribution in [0.3, 0.4) is 0 Å². The van der Waals surface area contributed by atoms with Gasteiger partial charge in [0.15, 0.2) is 0 Å². The third-order valence-electron chi connectivity index (χ3n) is 4.33. The Kier molecular flexibility index (Phi) is 4.83. The van der Waals surface area contributed by atoms with E-state index in [1.165, 1.54) is 11.3 Å². The first-order valence-corrected chi connectivity index (χ1v) is 9.74. The minimum Gasteiger partial charge on any atom is -0.321 e. The Morgan fingerprint density at radius 3 is 2.74 bits per heavy atom. The third-order valence-corrected chi connectivity index (χ3v) is 5.22. The van der Waals surface area contributed by atoms with Gasteiger partial charge in [-0.05, 0) is 35.2 Å². The summed E-state index contributed by atoms with van der Waals surface area (Å²) in [6.07, 6.45) is 3.48. The van der Waals surface area contributed by atoms with Crippen LogP contribution in [0.4, 0.5) is 0 Å². The van der Waals surface area contributed by atoms with Crippen molar-refractivity contribution in [2.45, 2.75) is 26.4 Å². The molecule has 0 spiro atoms. The van der Waals surface area contributed by atoms with Crippen LogP contribution < -0.4 is 10.9 Å². The molecule has 0 aliphatic rings. The highest BCUT2D eigenvalue weighted by atomic mass is 32.1. The highest BCUT2D eigenvalue weighted by Gasteiger charge is 2.11. The molecule has 4 aromatic rings. The predicted molar refractivity (Wildman–Crippen MR) is 111 cm³/mol. The van der Waals surface area contributed by atoms with Gasteiger partial charge in [-0.15, -0.1) is 11.3 Å². The zero-order valence-electron chi connectivity index (χ0n) is 15.2. The second kappa shape index (κ2) is 7.42. The summed E-state index contributed by atoms with van der Waals surface area (Å²) < 4.78 is 0. The molecule has 0 atom stereocenters. The Balaban J connectivity index is 1.69. The van der Waals surface area contributed by atoms with E-state index in [9.17, 15) is 4.79 Å². The number of aromatic amines is 1. The Morgan fingerprint density at radius 1 is 1.15 bits per heavy atom. The average molecular weight is 376 g/mol. The van der Waals surface area contributed by atoms with E-state index in [-0.39, 0.29) is 5.56 Å². The van der Waals surface area contributed by atoms with E-state index in [2.05, 4.69) is 40.2 Å². The molecule has 3 aromatic heterocycles. The topological polar surface area (TPSA) is 70.7 Å². The zero-order valence-corrected chi connectivity index (χ0v) is 16.0. The maximum atomic E-state index is 12.6. The molecule has 0 unspecified atom stereocenters. The largest absolute Gasteiger partial charge is 0.321 e. The van der Waals surface area contributed by atoms with E-state index in [1.54, 1.807) is 12.4 Å². The molecule has 2 N–H and O–H groups in total. The molecule has 0 amide bonds. The molecular weight excluding hydrogens is 356 g/mol. The average Bonchev–Trinajstić information content (AvgIpc) is 3.16. The number of H-pyrrole nitrogens is 1. The number of aromatic nitrogens is 3. The summed E-state index contributed by atoms with van der Waals surface area (Å²) in [6, 6.07) is 12.3. The Morgan fingerprint density at radius 2 is 1.96 bits per heavy atom. The molecule has 4 rings (SSSR count). The highest BCUT2D eigenvalue weighted by molar-refractivity contribution is 7.13. The van der Waals surface area contributed by atoms with Crippen LogP contribution in [0.1, 0.15) is 19.4 Å². The summed E-state index contributed by atoms with van der Waals surface area (Å²) in [5.41, 5.74) is 4.15. The lowest BCUT2D eigenvalue weighted by Gasteiger charge is -2.09. The summed E-state index contributed by atoms with van der Waals surface area (Å²) >= 11 is 1.52. The normalized spacial score (nSPS) is 11.4. The van der Waals surface area contributed by atoms with Crippen molar-refractivity contribution in [3.63, 3.8) is 0 Å². The summed E-state index contributed by atoms with van der Waals surface area (Å²) in [6.45, 7) is 5.01. The number of pyridine rings is 2. The van der Waals surface area contributed by atoms with Crippen LogP contribution in [0.5, 0.6) is 0 Å². The number of benzene rings is 1. The van der Waals surface area contributed by atoms with Crippen LogP contribution in [0.25, 0.3) is 32.7 Å². The molecule has 27 heavy (non-hydrogen) atoms. The van der Waals surface area contributed by atoms with Gasteiger partial charge in [0.2, 0.25) is 0 Å². The number of hydrogen-bond donors (Lipinski definition) is 2. The minimum atomic E-state index is -0.122. The minimum absolute atomic E-state index is 0.122. The van der Waals surface area contributed by atoms with Gasteiger partial charge in [-0.1, -0.05) is 26.0 Å². The Bertz CT molecular complexity index is 1130. The quantitative estimate of drug-likeness (QED) is 0.547. The van der Waals surface area contributed by atoms with Crippen molar-refractivity contribution in [1.82, 2.24) is 20.3 Å². The Hall–Kier alpha value is -2.83. The fraction of sp³-hybridized carbons (Fsp3) is 0.190. The summed E-state index contributed by atoms with van der Waals surface area (Å²) in [5, 5.41) is 7.19. The van der Waals surface area contributed by atoms with Crippen LogP contribution in [0.2, 0.25) is 0 Å². The van der Waals surface area contributed by atoms with E-state index in [4.69, 9.17) is 0 Å². The van der Waals surface area contributed by atoms with Gasteiger partial charge in [-0.25, -0.2) is 4.98 Å². The number of nitrogens with one attached hydrogen (secondary N) is 2. The van der Waals surface area contributed by atoms with Gasteiger partial charge in [0, 0.05) is 41.4 Å². The molecule has 3 heterocycles. The monoisotopic (exact) mass is 376 g/mol. The first kappa shape index (κ1) is 17.6. The first-order valence-electron chi connectivity index (χ1n) is 8.86. The first-order chi connectivity index (χ1) is 13.1. The summed E-state index contributed by atoms with van der Waals surface area (Å²) in [5.74, 6) is 0. The summed E-state index contributed by atoms with van der Waals surface area (Å²) in [7, 11) is 0. The van der Waals surface area contributed by atoms with Crippen LogP contribution in [-0.2, 0) is 6.54 Å². The molecule has 1 aromatic carbocycles. The van der Waals surface area contributed by atoms with Crippen molar-refractivity contribution >= 4 is 22.2 Å². The van der Waals surface area contributed by atoms with E-state index >= 15 is 0 Å². The molecular formula is C21H20N4OS. The molecule has 0 saturated carbocycles. The van der Waals surface area contributed by atoms with Gasteiger partial charge >= 0.3 is 0 Å². The van der Waals surface area contributed by atoms with Crippen molar-refractivity contribution < 1.29 is 0 Å². The second-order valence-corrected chi connectivity index (χ2v) is 7.60. The van der Waals surface area contributed by atoms with Gasteiger partial charge in [0.25, 0.3) is 5.56 Å². The molecule has 0 fully saturated rings. The lowest BCUT2D eigenvalue weighted by atomic mass is 10.1. The maximum absolute atomic E-state index is 12.6. The van der Waals surface area contributed by atoms with Gasteiger partial charge in [-0.3, -0.25) is 9.78 Å². The summed E-state index contributed by atoms with van der Waals surface area (Å²) in [4.78, 5) is 24.3.